The van der Waals surface area contributed by atoms with E-state index in [0.29, 0.717) is 18.2 Å². The average molecular weight is 370 g/mol. The second-order valence-electron chi connectivity index (χ2n) is 6.72. The second kappa shape index (κ2) is 9.77. The summed E-state index contributed by atoms with van der Waals surface area (Å²) in [6.45, 7) is 3.42. The van der Waals surface area contributed by atoms with Crippen molar-refractivity contribution in [3.05, 3.63) is 18.0 Å². The predicted molar refractivity (Wildman–Crippen MR) is 97.9 cm³/mol. The average Bonchev–Trinajstić information content (AvgIpc) is 2.88. The molecule has 8 heteroatoms. The highest BCUT2D eigenvalue weighted by molar-refractivity contribution is 5.93. The van der Waals surface area contributed by atoms with Crippen molar-refractivity contribution < 1.29 is 9.59 Å². The molecule has 2 amide bonds. The highest BCUT2D eigenvalue weighted by Gasteiger charge is 2.20. The Labute approximate surface area is 154 Å². The maximum absolute atomic E-state index is 12.5. The molecule has 1 aliphatic heterocycles. The standard InChI is InChI=1S/C17H27N5O2.ClH/c23-16(20-15-5-2-1-3-6-15)13-22-12-14(11-19-22)17(24)21-9-4-7-18-8-10-21;/h11-12,15,18H,1-10,13H2,(H,20,23);1H. The third kappa shape index (κ3) is 5.71. The summed E-state index contributed by atoms with van der Waals surface area (Å²) in [7, 11) is 0. The summed E-state index contributed by atoms with van der Waals surface area (Å²) in [6.07, 6.45) is 9.99. The quantitative estimate of drug-likeness (QED) is 0.835. The minimum Gasteiger partial charge on any atom is -0.352 e. The number of nitrogens with zero attached hydrogens (tertiary/aromatic N) is 3. The largest absolute Gasteiger partial charge is 0.352 e. The van der Waals surface area contributed by atoms with E-state index in [2.05, 4.69) is 15.7 Å². The van der Waals surface area contributed by atoms with Gasteiger partial charge in [-0.3, -0.25) is 14.3 Å². The molecule has 0 atom stereocenters. The molecule has 0 radical (unpaired) electrons. The van der Waals surface area contributed by atoms with Crippen LogP contribution in [-0.2, 0) is 11.3 Å². The lowest BCUT2D eigenvalue weighted by atomic mass is 9.95. The van der Waals surface area contributed by atoms with Gasteiger partial charge in [-0.2, -0.15) is 5.10 Å². The molecule has 1 aromatic heterocycles. The monoisotopic (exact) mass is 369 g/mol. The van der Waals surface area contributed by atoms with E-state index < -0.39 is 0 Å². The molecule has 7 nitrogen and oxygen atoms in total. The zero-order chi connectivity index (χ0) is 16.8. The van der Waals surface area contributed by atoms with Gasteiger partial charge in [0.2, 0.25) is 5.91 Å². The van der Waals surface area contributed by atoms with Crippen molar-refractivity contribution in [1.82, 2.24) is 25.3 Å². The Morgan fingerprint density at radius 1 is 1.16 bits per heavy atom. The highest BCUT2D eigenvalue weighted by Crippen LogP contribution is 2.17. The van der Waals surface area contributed by atoms with Crippen LogP contribution in [0.15, 0.2) is 12.4 Å². The first-order valence-corrected chi connectivity index (χ1v) is 9.04. The van der Waals surface area contributed by atoms with Crippen molar-refractivity contribution in [3.8, 4) is 0 Å². The van der Waals surface area contributed by atoms with Gasteiger partial charge in [-0.25, -0.2) is 0 Å². The van der Waals surface area contributed by atoms with Gasteiger partial charge >= 0.3 is 0 Å². The van der Waals surface area contributed by atoms with Crippen molar-refractivity contribution in [2.24, 2.45) is 0 Å². The third-order valence-corrected chi connectivity index (χ3v) is 4.78. The predicted octanol–water partition coefficient (Wildman–Crippen LogP) is 1.19. The van der Waals surface area contributed by atoms with Crippen LogP contribution in [0.3, 0.4) is 0 Å². The lowest BCUT2D eigenvalue weighted by Crippen LogP contribution is -2.38. The maximum Gasteiger partial charge on any atom is 0.257 e. The molecule has 1 aromatic rings. The van der Waals surface area contributed by atoms with Crippen molar-refractivity contribution in [2.45, 2.75) is 51.1 Å². The fraction of sp³-hybridized carbons (Fsp3) is 0.706. The molecule has 1 aliphatic carbocycles. The van der Waals surface area contributed by atoms with Crippen LogP contribution < -0.4 is 10.6 Å². The van der Waals surface area contributed by atoms with Crippen LogP contribution in [0.25, 0.3) is 0 Å². The summed E-state index contributed by atoms with van der Waals surface area (Å²) in [5.41, 5.74) is 0.558. The molecule has 0 bridgehead atoms. The number of hydrogen-bond donors (Lipinski definition) is 2. The zero-order valence-electron chi connectivity index (χ0n) is 14.6. The summed E-state index contributed by atoms with van der Waals surface area (Å²) in [5.74, 6) is -0.0272. The van der Waals surface area contributed by atoms with E-state index in [1.54, 1.807) is 17.1 Å². The van der Waals surface area contributed by atoms with Gasteiger partial charge < -0.3 is 15.5 Å². The number of nitrogens with one attached hydrogen (secondary N) is 2. The normalized spacial score (nSPS) is 19.0. The van der Waals surface area contributed by atoms with Crippen LogP contribution >= 0.6 is 12.4 Å². The minimum atomic E-state index is -0.0250. The van der Waals surface area contributed by atoms with Crippen LogP contribution in [0.5, 0.6) is 0 Å². The minimum absolute atomic E-state index is 0. The molecule has 140 valence electrons. The van der Waals surface area contributed by atoms with E-state index in [9.17, 15) is 9.59 Å². The van der Waals surface area contributed by atoms with Crippen molar-refractivity contribution in [1.29, 1.82) is 0 Å². The highest BCUT2D eigenvalue weighted by atomic mass is 35.5. The van der Waals surface area contributed by atoms with Gasteiger partial charge in [0, 0.05) is 31.9 Å². The number of amides is 2. The number of rotatable bonds is 4. The molecule has 3 rings (SSSR count). The van der Waals surface area contributed by atoms with E-state index in [4.69, 9.17) is 0 Å². The maximum atomic E-state index is 12.5. The van der Waals surface area contributed by atoms with Gasteiger partial charge in [0.05, 0.1) is 11.8 Å². The summed E-state index contributed by atoms with van der Waals surface area (Å²) >= 11 is 0. The summed E-state index contributed by atoms with van der Waals surface area (Å²) in [5, 5.41) is 10.5. The van der Waals surface area contributed by atoms with E-state index in [1.807, 2.05) is 4.90 Å². The van der Waals surface area contributed by atoms with Crippen LogP contribution in [0.4, 0.5) is 0 Å². The Bertz CT molecular complexity index is 563. The molecule has 1 saturated heterocycles. The molecule has 2 heterocycles. The van der Waals surface area contributed by atoms with Gasteiger partial charge in [0.15, 0.2) is 0 Å². The van der Waals surface area contributed by atoms with Gasteiger partial charge in [-0.15, -0.1) is 12.4 Å². The molecule has 0 unspecified atom stereocenters. The second-order valence-corrected chi connectivity index (χ2v) is 6.72. The van der Waals surface area contributed by atoms with E-state index >= 15 is 0 Å². The number of carbonyl (C=O) groups is 2. The molecular weight excluding hydrogens is 342 g/mol. The smallest absolute Gasteiger partial charge is 0.257 e. The number of hydrogen-bond acceptors (Lipinski definition) is 4. The van der Waals surface area contributed by atoms with Crippen LogP contribution in [0.2, 0.25) is 0 Å². The van der Waals surface area contributed by atoms with Gasteiger partial charge in [0.1, 0.15) is 6.54 Å². The Hall–Kier alpha value is -1.60. The van der Waals surface area contributed by atoms with Crippen molar-refractivity contribution >= 4 is 24.2 Å². The Morgan fingerprint density at radius 2 is 1.96 bits per heavy atom. The van der Waals surface area contributed by atoms with Gasteiger partial charge in [-0.05, 0) is 25.8 Å². The zero-order valence-corrected chi connectivity index (χ0v) is 15.4. The summed E-state index contributed by atoms with van der Waals surface area (Å²) in [4.78, 5) is 26.5. The Balaban J connectivity index is 0.00000225. The van der Waals surface area contributed by atoms with E-state index in [0.717, 1.165) is 38.9 Å². The van der Waals surface area contributed by atoms with Crippen molar-refractivity contribution in [2.75, 3.05) is 26.2 Å². The van der Waals surface area contributed by atoms with Crippen LogP contribution in [0, 0.1) is 0 Å². The van der Waals surface area contributed by atoms with Crippen molar-refractivity contribution in [3.63, 3.8) is 0 Å². The fourth-order valence-corrected chi connectivity index (χ4v) is 3.46. The fourth-order valence-electron chi connectivity index (χ4n) is 3.46. The molecule has 2 fully saturated rings. The summed E-state index contributed by atoms with van der Waals surface area (Å²) < 4.78 is 1.56. The Kier molecular flexibility index (Phi) is 7.71. The van der Waals surface area contributed by atoms with Crippen LogP contribution in [0.1, 0.15) is 48.9 Å². The lowest BCUT2D eigenvalue weighted by molar-refractivity contribution is -0.122. The van der Waals surface area contributed by atoms with Gasteiger partial charge in [-0.1, -0.05) is 19.3 Å². The number of halogens is 1. The third-order valence-electron chi connectivity index (χ3n) is 4.78. The van der Waals surface area contributed by atoms with E-state index in [1.165, 1.54) is 19.3 Å². The molecule has 25 heavy (non-hydrogen) atoms. The Morgan fingerprint density at radius 3 is 2.76 bits per heavy atom. The molecule has 0 aromatic carbocycles. The molecular formula is C17H28ClN5O2. The summed E-state index contributed by atoms with van der Waals surface area (Å²) in [6, 6.07) is 0.299. The van der Waals surface area contributed by atoms with Gasteiger partial charge in [0.25, 0.3) is 5.91 Å². The topological polar surface area (TPSA) is 79.3 Å². The molecule has 2 aliphatic rings. The number of carbonyl (C=O) groups excluding carboxylic acids is 2. The molecule has 1 saturated carbocycles. The first kappa shape index (κ1) is 19.7. The molecule has 2 N–H and O–H groups in total. The number of aromatic nitrogens is 2. The SMILES string of the molecule is Cl.O=C(Cn1cc(C(=O)N2CCCNCC2)cn1)NC1CCCCC1. The lowest BCUT2D eigenvalue weighted by Gasteiger charge is -2.22. The molecule has 0 spiro atoms. The van der Waals surface area contributed by atoms with E-state index in [-0.39, 0.29) is 30.8 Å². The first-order valence-electron chi connectivity index (χ1n) is 9.04. The first-order chi connectivity index (χ1) is 11.7. The van der Waals surface area contributed by atoms with Crippen LogP contribution in [-0.4, -0.2) is 58.7 Å².